The summed E-state index contributed by atoms with van der Waals surface area (Å²) in [5.74, 6) is -3.66. The molecule has 0 spiro atoms. The topological polar surface area (TPSA) is 93.8 Å². The second-order valence-corrected chi connectivity index (χ2v) is 7.22. The number of aromatic nitrogens is 5. The van der Waals surface area contributed by atoms with Crippen LogP contribution in [0.15, 0.2) is 40.0 Å². The summed E-state index contributed by atoms with van der Waals surface area (Å²) < 4.78 is 42.2. The van der Waals surface area contributed by atoms with Crippen molar-refractivity contribution >= 4 is 33.4 Å². The fourth-order valence-corrected chi connectivity index (χ4v) is 3.99. The van der Waals surface area contributed by atoms with Crippen molar-refractivity contribution < 1.29 is 18.3 Å². The van der Waals surface area contributed by atoms with Gasteiger partial charge in [0.05, 0.1) is 17.9 Å². The third-order valence-corrected chi connectivity index (χ3v) is 5.38. The Morgan fingerprint density at radius 1 is 1.11 bits per heavy atom. The molecule has 28 heavy (non-hydrogen) atoms. The van der Waals surface area contributed by atoms with E-state index in [-0.39, 0.29) is 38.5 Å². The Hall–Kier alpha value is -2.99. The molecule has 3 aromatic heterocycles. The molecule has 0 atom stereocenters. The van der Waals surface area contributed by atoms with Crippen molar-refractivity contribution in [1.82, 2.24) is 24.5 Å². The van der Waals surface area contributed by atoms with Crippen LogP contribution in [0.3, 0.4) is 0 Å². The van der Waals surface area contributed by atoms with Crippen molar-refractivity contribution in [3.05, 3.63) is 63.4 Å². The normalized spacial score (nSPS) is 11.2. The Balaban J connectivity index is 1.81. The van der Waals surface area contributed by atoms with Crippen molar-refractivity contribution in [3.8, 4) is 11.7 Å². The molecule has 3 heterocycles. The first-order valence-electron chi connectivity index (χ1n) is 7.58. The molecule has 4 aromatic rings. The van der Waals surface area contributed by atoms with Crippen LogP contribution >= 0.6 is 23.1 Å². The molecule has 4 rings (SSSR count). The number of nitrogens with zero attached hydrogens (tertiary/aromatic N) is 5. The van der Waals surface area contributed by atoms with E-state index >= 15 is 0 Å². The summed E-state index contributed by atoms with van der Waals surface area (Å²) in [7, 11) is 0. The lowest BCUT2D eigenvalue weighted by atomic mass is 10.2. The lowest BCUT2D eigenvalue weighted by Crippen LogP contribution is -2.23. The van der Waals surface area contributed by atoms with E-state index in [4.69, 9.17) is 0 Å². The van der Waals surface area contributed by atoms with Crippen molar-refractivity contribution in [3.63, 3.8) is 0 Å². The SMILES string of the molecule is O=c1c2scnc2nc(SCc2c(F)cc(F)cc2F)n1-c1ncc(O)cn1. The average molecular weight is 423 g/mol. The summed E-state index contributed by atoms with van der Waals surface area (Å²) in [4.78, 5) is 28.9. The van der Waals surface area contributed by atoms with Crippen LogP contribution in [-0.4, -0.2) is 29.6 Å². The van der Waals surface area contributed by atoms with Gasteiger partial charge in [0.1, 0.15) is 22.2 Å². The highest BCUT2D eigenvalue weighted by molar-refractivity contribution is 7.98. The zero-order valence-corrected chi connectivity index (χ0v) is 15.3. The smallest absolute Gasteiger partial charge is 0.280 e. The first-order valence-corrected chi connectivity index (χ1v) is 9.44. The molecule has 12 heteroatoms. The molecule has 0 amide bonds. The first-order chi connectivity index (χ1) is 13.4. The van der Waals surface area contributed by atoms with Gasteiger partial charge in [-0.15, -0.1) is 11.3 Å². The number of rotatable bonds is 4. The zero-order chi connectivity index (χ0) is 19.8. The molecule has 0 saturated carbocycles. The van der Waals surface area contributed by atoms with E-state index in [1.807, 2.05) is 0 Å². The Morgan fingerprint density at radius 2 is 1.79 bits per heavy atom. The molecule has 0 radical (unpaired) electrons. The van der Waals surface area contributed by atoms with Crippen LogP contribution in [0.2, 0.25) is 0 Å². The quantitative estimate of drug-likeness (QED) is 0.398. The second kappa shape index (κ2) is 7.20. The van der Waals surface area contributed by atoms with Gasteiger partial charge < -0.3 is 5.11 Å². The van der Waals surface area contributed by atoms with E-state index < -0.39 is 23.0 Å². The maximum atomic E-state index is 13.9. The maximum Gasteiger partial charge on any atom is 0.280 e. The Morgan fingerprint density at radius 3 is 2.46 bits per heavy atom. The zero-order valence-electron chi connectivity index (χ0n) is 13.6. The molecule has 0 fully saturated rings. The van der Waals surface area contributed by atoms with E-state index in [9.17, 15) is 23.1 Å². The fourth-order valence-electron chi connectivity index (χ4n) is 2.34. The molecule has 0 unspecified atom stereocenters. The standard InChI is InChI=1S/C16H8F3N5O2S2/c17-7-1-10(18)9(11(19)2-7)5-27-16-23-13-12(28-6-22-13)14(26)24(16)15-20-3-8(25)4-21-15/h1-4,6,25H,5H2. The number of aromatic hydroxyl groups is 1. The number of thiazole rings is 1. The average Bonchev–Trinajstić information content (AvgIpc) is 3.11. The second-order valence-electron chi connectivity index (χ2n) is 5.42. The van der Waals surface area contributed by atoms with Crippen LogP contribution < -0.4 is 5.56 Å². The third-order valence-electron chi connectivity index (χ3n) is 3.61. The fraction of sp³-hybridized carbons (Fsp3) is 0.0625. The van der Waals surface area contributed by atoms with Gasteiger partial charge >= 0.3 is 0 Å². The summed E-state index contributed by atoms with van der Waals surface area (Å²) in [6, 6.07) is 1.15. The van der Waals surface area contributed by atoms with Crippen molar-refractivity contribution in [1.29, 1.82) is 0 Å². The van der Waals surface area contributed by atoms with E-state index in [2.05, 4.69) is 19.9 Å². The summed E-state index contributed by atoms with van der Waals surface area (Å²) in [6.45, 7) is 0. The summed E-state index contributed by atoms with van der Waals surface area (Å²) in [6.07, 6.45) is 2.19. The van der Waals surface area contributed by atoms with Gasteiger partial charge in [0.25, 0.3) is 5.56 Å². The van der Waals surface area contributed by atoms with Gasteiger partial charge in [-0.2, -0.15) is 0 Å². The maximum absolute atomic E-state index is 13.9. The molecule has 142 valence electrons. The summed E-state index contributed by atoms with van der Waals surface area (Å²) >= 11 is 1.91. The predicted octanol–water partition coefficient (Wildman–Crippen LogP) is 3.05. The van der Waals surface area contributed by atoms with Gasteiger partial charge in [0.15, 0.2) is 16.6 Å². The van der Waals surface area contributed by atoms with E-state index in [0.29, 0.717) is 12.1 Å². The molecule has 1 aromatic carbocycles. The third kappa shape index (κ3) is 3.31. The van der Waals surface area contributed by atoms with Crippen molar-refractivity contribution in [2.45, 2.75) is 10.9 Å². The highest BCUT2D eigenvalue weighted by Gasteiger charge is 2.19. The van der Waals surface area contributed by atoms with Crippen molar-refractivity contribution in [2.75, 3.05) is 0 Å². The monoisotopic (exact) mass is 423 g/mol. The Kier molecular flexibility index (Phi) is 4.73. The van der Waals surface area contributed by atoms with Crippen LogP contribution in [0.1, 0.15) is 5.56 Å². The molecule has 0 aliphatic heterocycles. The van der Waals surface area contributed by atoms with Gasteiger partial charge in [0.2, 0.25) is 5.95 Å². The highest BCUT2D eigenvalue weighted by Crippen LogP contribution is 2.27. The molecular formula is C16H8F3N5O2S2. The van der Waals surface area contributed by atoms with Crippen LogP contribution in [-0.2, 0) is 5.75 Å². The first kappa shape index (κ1) is 18.4. The highest BCUT2D eigenvalue weighted by atomic mass is 32.2. The van der Waals surface area contributed by atoms with E-state index in [1.165, 1.54) is 5.51 Å². The van der Waals surface area contributed by atoms with Gasteiger partial charge in [-0.1, -0.05) is 11.8 Å². The van der Waals surface area contributed by atoms with Crippen molar-refractivity contribution in [2.24, 2.45) is 0 Å². The van der Waals surface area contributed by atoms with E-state index in [0.717, 1.165) is 40.1 Å². The summed E-state index contributed by atoms with van der Waals surface area (Å²) in [5, 5.41) is 9.40. The van der Waals surface area contributed by atoms with E-state index in [1.54, 1.807) is 0 Å². The minimum absolute atomic E-state index is 0.0391. The van der Waals surface area contributed by atoms with Crippen LogP contribution in [0, 0.1) is 17.5 Å². The largest absolute Gasteiger partial charge is 0.505 e. The molecule has 1 N–H and O–H groups in total. The van der Waals surface area contributed by atoms with Gasteiger partial charge in [-0.3, -0.25) is 4.79 Å². The molecule has 0 saturated heterocycles. The number of halogens is 3. The lowest BCUT2D eigenvalue weighted by Gasteiger charge is -2.10. The Bertz CT molecular complexity index is 1220. The lowest BCUT2D eigenvalue weighted by molar-refractivity contribution is 0.468. The minimum Gasteiger partial charge on any atom is -0.505 e. The van der Waals surface area contributed by atoms with Gasteiger partial charge in [-0.05, 0) is 0 Å². The number of fused-ring (bicyclic) bond motifs is 1. The number of hydrogen-bond donors (Lipinski definition) is 1. The van der Waals surface area contributed by atoms with Crippen LogP contribution in [0.5, 0.6) is 5.75 Å². The van der Waals surface area contributed by atoms with Crippen LogP contribution in [0.4, 0.5) is 13.2 Å². The number of hydrogen-bond acceptors (Lipinski definition) is 8. The van der Waals surface area contributed by atoms with Crippen LogP contribution in [0.25, 0.3) is 16.3 Å². The van der Waals surface area contributed by atoms with Gasteiger partial charge in [0, 0.05) is 23.4 Å². The molecular weight excluding hydrogens is 415 g/mol. The molecule has 0 aliphatic carbocycles. The Labute approximate surface area is 162 Å². The predicted molar refractivity (Wildman–Crippen MR) is 96.1 cm³/mol. The molecule has 0 aliphatic rings. The molecule has 7 nitrogen and oxygen atoms in total. The molecule has 0 bridgehead atoms. The number of thioether (sulfide) groups is 1. The minimum atomic E-state index is -1.05. The summed E-state index contributed by atoms with van der Waals surface area (Å²) in [5.41, 5.74) is 0.736. The number of benzene rings is 1. The van der Waals surface area contributed by atoms with Gasteiger partial charge in [-0.25, -0.2) is 37.7 Å².